The molecule has 0 atom stereocenters. The van der Waals surface area contributed by atoms with Crippen LogP contribution in [0.2, 0.25) is 10.0 Å². The molecule has 9 heteroatoms. The Morgan fingerprint density at radius 1 is 0.952 bits per heavy atom. The van der Waals surface area contributed by atoms with Crippen LogP contribution in [0, 0.1) is 12.3 Å². The summed E-state index contributed by atoms with van der Waals surface area (Å²) in [6.45, 7) is 7.84. The van der Waals surface area contributed by atoms with E-state index in [9.17, 15) is 0 Å². The molecule has 0 saturated carbocycles. The molecule has 0 radical (unpaired) electrons. The van der Waals surface area contributed by atoms with Gasteiger partial charge in [-0.05, 0) is 67.7 Å². The Hall–Kier alpha value is -4.35. The van der Waals surface area contributed by atoms with Gasteiger partial charge in [0.05, 0.1) is 32.7 Å². The second-order valence-electron chi connectivity index (χ2n) is 9.42. The maximum atomic E-state index is 6.53. The van der Waals surface area contributed by atoms with Crippen molar-refractivity contribution in [2.45, 2.75) is 13.8 Å². The number of terminal acetylenes is 1. The molecular weight excluding hydrogens is 567 g/mol. The number of benzene rings is 3. The van der Waals surface area contributed by atoms with Gasteiger partial charge in [-0.2, -0.15) is 0 Å². The topological polar surface area (TPSA) is 79.0 Å². The van der Waals surface area contributed by atoms with Crippen LogP contribution in [0.25, 0.3) is 34.0 Å². The lowest BCUT2D eigenvalue weighted by Crippen LogP contribution is -2.27. The van der Waals surface area contributed by atoms with Crippen molar-refractivity contribution >= 4 is 34.8 Å². The third-order valence-electron chi connectivity index (χ3n) is 6.80. The molecule has 42 heavy (non-hydrogen) atoms. The van der Waals surface area contributed by atoms with Gasteiger partial charge >= 0.3 is 0 Å². The molecule has 7 nitrogen and oxygen atoms in total. The number of anilines is 2. The number of hydrogen-bond donors (Lipinski definition) is 2. The summed E-state index contributed by atoms with van der Waals surface area (Å²) in [4.78, 5) is 19.8. The van der Waals surface area contributed by atoms with Gasteiger partial charge in [-0.15, -0.1) is 6.42 Å². The van der Waals surface area contributed by atoms with Gasteiger partial charge in [-0.3, -0.25) is 0 Å². The molecule has 0 aliphatic rings. The second kappa shape index (κ2) is 13.5. The van der Waals surface area contributed by atoms with Gasteiger partial charge in [0.2, 0.25) is 5.95 Å². The van der Waals surface area contributed by atoms with Crippen molar-refractivity contribution in [3.8, 4) is 52.1 Å². The van der Waals surface area contributed by atoms with Gasteiger partial charge in [-0.1, -0.05) is 61.2 Å². The molecule has 0 saturated heterocycles. The Morgan fingerprint density at radius 3 is 2.40 bits per heavy atom. The highest BCUT2D eigenvalue weighted by atomic mass is 35.5. The van der Waals surface area contributed by atoms with Crippen molar-refractivity contribution in [1.82, 2.24) is 24.8 Å². The minimum Gasteiger partial charge on any atom is -0.492 e. The molecule has 0 unspecified atom stereocenters. The van der Waals surface area contributed by atoms with Crippen LogP contribution in [-0.4, -0.2) is 51.1 Å². The zero-order valence-corrected chi connectivity index (χ0v) is 24.9. The Morgan fingerprint density at radius 2 is 1.69 bits per heavy atom. The number of aromatic amines is 1. The number of H-pyrrole nitrogens is 1. The SMILES string of the molecule is C#Cc1cccc(-c2nc(-c3c(Cl)cccc3Cl)[nH]c2-c2ccnc(Nc3ccc(OCCN(CC)CC)cc3)n2)c1. The van der Waals surface area contributed by atoms with E-state index in [1.807, 2.05) is 54.6 Å². The van der Waals surface area contributed by atoms with E-state index < -0.39 is 0 Å². The molecule has 212 valence electrons. The summed E-state index contributed by atoms with van der Waals surface area (Å²) in [5, 5.41) is 4.25. The average molecular weight is 598 g/mol. The largest absolute Gasteiger partial charge is 0.492 e. The molecule has 0 fully saturated rings. The highest BCUT2D eigenvalue weighted by Gasteiger charge is 2.20. The molecule has 0 amide bonds. The summed E-state index contributed by atoms with van der Waals surface area (Å²) in [7, 11) is 0. The van der Waals surface area contributed by atoms with Crippen LogP contribution in [0.3, 0.4) is 0 Å². The number of rotatable bonds is 11. The molecule has 3 aromatic carbocycles. The fourth-order valence-corrected chi connectivity index (χ4v) is 5.10. The van der Waals surface area contributed by atoms with E-state index in [-0.39, 0.29) is 0 Å². The highest BCUT2D eigenvalue weighted by molar-refractivity contribution is 6.39. The molecule has 2 heterocycles. The van der Waals surface area contributed by atoms with E-state index in [0.29, 0.717) is 51.1 Å². The van der Waals surface area contributed by atoms with Crippen LogP contribution in [0.4, 0.5) is 11.6 Å². The Bertz CT molecular complexity index is 1690. The number of aromatic nitrogens is 4. The van der Waals surface area contributed by atoms with Gasteiger partial charge in [-0.25, -0.2) is 15.0 Å². The number of halogens is 2. The van der Waals surface area contributed by atoms with Gasteiger partial charge in [0.15, 0.2) is 0 Å². The zero-order valence-electron chi connectivity index (χ0n) is 23.4. The third kappa shape index (κ3) is 6.75. The lowest BCUT2D eigenvalue weighted by Gasteiger charge is -2.18. The standard InChI is InChI=1S/C33H30Cl2N6O/c1-4-22-9-7-10-23(21-22)30-31(40-32(39-30)29-26(34)11-8-12-27(29)35)28-17-18-36-33(38-28)37-24-13-15-25(16-14-24)42-20-19-41(5-2)6-3/h1,7-18,21H,5-6,19-20H2,2-3H3,(H,39,40)(H,36,37,38). The normalized spacial score (nSPS) is 11.0. The fraction of sp³-hybridized carbons (Fsp3) is 0.182. The molecule has 0 spiro atoms. The van der Waals surface area contributed by atoms with Gasteiger partial charge in [0.25, 0.3) is 0 Å². The summed E-state index contributed by atoms with van der Waals surface area (Å²) in [5.74, 6) is 4.45. The van der Waals surface area contributed by atoms with Gasteiger partial charge in [0, 0.05) is 29.6 Å². The molecule has 5 aromatic rings. The summed E-state index contributed by atoms with van der Waals surface area (Å²) in [6, 6.07) is 22.5. The molecule has 2 N–H and O–H groups in total. The number of ether oxygens (including phenoxy) is 1. The first-order valence-corrected chi connectivity index (χ1v) is 14.4. The summed E-state index contributed by atoms with van der Waals surface area (Å²) in [5.41, 5.74) is 4.98. The monoisotopic (exact) mass is 596 g/mol. The minimum atomic E-state index is 0.429. The first-order chi connectivity index (χ1) is 20.5. The predicted molar refractivity (Wildman–Crippen MR) is 171 cm³/mol. The summed E-state index contributed by atoms with van der Waals surface area (Å²) >= 11 is 13.1. The lowest BCUT2D eigenvalue weighted by atomic mass is 10.1. The number of nitrogens with zero attached hydrogens (tertiary/aromatic N) is 4. The number of imidazole rings is 1. The lowest BCUT2D eigenvalue weighted by molar-refractivity contribution is 0.223. The van der Waals surface area contributed by atoms with Crippen molar-refractivity contribution < 1.29 is 4.74 Å². The first kappa shape index (κ1) is 29.2. The molecule has 0 bridgehead atoms. The molecule has 0 aliphatic heterocycles. The number of nitrogens with one attached hydrogen (secondary N) is 2. The maximum Gasteiger partial charge on any atom is 0.227 e. The van der Waals surface area contributed by atoms with Gasteiger partial charge in [0.1, 0.15) is 18.2 Å². The summed E-state index contributed by atoms with van der Waals surface area (Å²) in [6.07, 6.45) is 7.37. The van der Waals surface area contributed by atoms with Gasteiger partial charge < -0.3 is 19.9 Å². The average Bonchev–Trinajstić information content (AvgIpc) is 3.45. The van der Waals surface area contributed by atoms with Crippen LogP contribution in [0.15, 0.2) is 79.0 Å². The van der Waals surface area contributed by atoms with E-state index in [1.54, 1.807) is 24.4 Å². The quantitative estimate of drug-likeness (QED) is 0.151. The Balaban J connectivity index is 1.43. The van der Waals surface area contributed by atoms with Crippen molar-refractivity contribution in [2.75, 3.05) is 31.6 Å². The molecule has 5 rings (SSSR count). The number of hydrogen-bond acceptors (Lipinski definition) is 6. The van der Waals surface area contributed by atoms with Crippen molar-refractivity contribution in [3.05, 3.63) is 94.6 Å². The van der Waals surface area contributed by atoms with Crippen molar-refractivity contribution in [3.63, 3.8) is 0 Å². The minimum absolute atomic E-state index is 0.429. The van der Waals surface area contributed by atoms with Crippen LogP contribution in [-0.2, 0) is 0 Å². The van der Waals surface area contributed by atoms with Crippen molar-refractivity contribution in [2.24, 2.45) is 0 Å². The third-order valence-corrected chi connectivity index (χ3v) is 7.43. The molecular formula is C33H30Cl2N6O. The predicted octanol–water partition coefficient (Wildman–Crippen LogP) is 7.95. The second-order valence-corrected chi connectivity index (χ2v) is 10.2. The van der Waals surface area contributed by atoms with E-state index in [2.05, 4.69) is 40.0 Å². The summed E-state index contributed by atoms with van der Waals surface area (Å²) < 4.78 is 5.91. The van der Waals surface area contributed by atoms with E-state index in [4.69, 9.17) is 44.3 Å². The van der Waals surface area contributed by atoms with Crippen LogP contribution >= 0.6 is 23.2 Å². The zero-order chi connectivity index (χ0) is 29.5. The first-order valence-electron chi connectivity index (χ1n) is 13.7. The molecule has 2 aromatic heterocycles. The highest BCUT2D eigenvalue weighted by Crippen LogP contribution is 2.38. The Kier molecular flexibility index (Phi) is 9.40. The smallest absolute Gasteiger partial charge is 0.227 e. The van der Waals surface area contributed by atoms with Crippen LogP contribution in [0.1, 0.15) is 19.4 Å². The fourth-order valence-electron chi connectivity index (χ4n) is 4.52. The Labute approximate surface area is 255 Å². The van der Waals surface area contributed by atoms with Crippen LogP contribution in [0.5, 0.6) is 5.75 Å². The van der Waals surface area contributed by atoms with Crippen molar-refractivity contribution in [1.29, 1.82) is 0 Å². The molecule has 0 aliphatic carbocycles. The van der Waals surface area contributed by atoms with E-state index >= 15 is 0 Å². The number of likely N-dealkylation sites (N-methyl/N-ethyl adjacent to an activating group) is 1. The van der Waals surface area contributed by atoms with E-state index in [1.165, 1.54) is 0 Å². The van der Waals surface area contributed by atoms with E-state index in [0.717, 1.165) is 42.2 Å². The van der Waals surface area contributed by atoms with Crippen LogP contribution < -0.4 is 10.1 Å². The maximum absolute atomic E-state index is 6.53.